The van der Waals surface area contributed by atoms with E-state index in [1.165, 1.54) is 18.4 Å². The molecule has 2 fully saturated rings. The summed E-state index contributed by atoms with van der Waals surface area (Å²) >= 11 is 0. The lowest BCUT2D eigenvalue weighted by Crippen LogP contribution is -2.12. The van der Waals surface area contributed by atoms with Gasteiger partial charge < -0.3 is 0 Å². The maximum absolute atomic E-state index is 12.3. The lowest BCUT2D eigenvalue weighted by molar-refractivity contribution is 0.0914. The molecular weight excluding hydrogens is 208 g/mol. The van der Waals surface area contributed by atoms with Gasteiger partial charge in [0, 0.05) is 11.5 Å². The van der Waals surface area contributed by atoms with Crippen LogP contribution in [0.5, 0.6) is 0 Å². The third-order valence-corrected chi connectivity index (χ3v) is 4.39. The van der Waals surface area contributed by atoms with E-state index >= 15 is 0 Å². The molecule has 0 saturated heterocycles. The first-order valence-corrected chi connectivity index (χ1v) is 6.91. The Kier molecular flexibility index (Phi) is 2.78. The molecule has 17 heavy (non-hydrogen) atoms. The minimum Gasteiger partial charge on any atom is -0.294 e. The summed E-state index contributed by atoms with van der Waals surface area (Å²) in [4.78, 5) is 12.3. The Balaban J connectivity index is 1.68. The Hall–Kier alpha value is -1.11. The van der Waals surface area contributed by atoms with Crippen molar-refractivity contribution in [3.8, 4) is 0 Å². The number of carbonyl (C=O) groups is 1. The van der Waals surface area contributed by atoms with Gasteiger partial charge in [-0.15, -0.1) is 0 Å². The van der Waals surface area contributed by atoms with Crippen LogP contribution in [0.4, 0.5) is 0 Å². The van der Waals surface area contributed by atoms with Gasteiger partial charge in [-0.05, 0) is 43.1 Å². The molecule has 2 aliphatic rings. The van der Waals surface area contributed by atoms with Crippen molar-refractivity contribution in [2.75, 3.05) is 0 Å². The van der Waals surface area contributed by atoms with Crippen LogP contribution in [0.25, 0.3) is 0 Å². The molecule has 0 amide bonds. The molecule has 1 aromatic carbocycles. The molecule has 0 spiro atoms. The number of Topliss-reactive ketones (excluding diaryl/α,β-unsaturated/α-hetero) is 1. The minimum absolute atomic E-state index is 0.329. The molecule has 0 aliphatic heterocycles. The Bertz CT molecular complexity index is 408. The molecule has 3 rings (SSSR count). The fourth-order valence-electron chi connectivity index (χ4n) is 3.29. The molecule has 1 heteroatoms. The topological polar surface area (TPSA) is 17.1 Å². The van der Waals surface area contributed by atoms with Crippen LogP contribution in [0, 0.1) is 17.8 Å². The van der Waals surface area contributed by atoms with E-state index in [0.29, 0.717) is 11.7 Å². The average Bonchev–Trinajstić information content (AvgIpc) is 2.97. The minimum atomic E-state index is 0.329. The van der Waals surface area contributed by atoms with Crippen LogP contribution in [0.3, 0.4) is 0 Å². The number of ketones is 1. The Morgan fingerprint density at radius 2 is 1.76 bits per heavy atom. The highest BCUT2D eigenvalue weighted by atomic mass is 16.1. The van der Waals surface area contributed by atoms with Gasteiger partial charge in [-0.3, -0.25) is 4.79 Å². The molecule has 1 aromatic rings. The summed E-state index contributed by atoms with van der Waals surface area (Å²) in [6.45, 7) is 2.18. The van der Waals surface area contributed by atoms with Crippen LogP contribution in [-0.2, 0) is 6.42 Å². The molecule has 0 N–H and O–H groups in total. The molecule has 90 valence electrons. The van der Waals surface area contributed by atoms with Crippen LogP contribution in [-0.4, -0.2) is 5.78 Å². The number of carbonyl (C=O) groups excluding carboxylic acids is 1. The molecule has 1 nitrogen and oxygen atoms in total. The second kappa shape index (κ2) is 4.29. The zero-order valence-corrected chi connectivity index (χ0v) is 10.5. The number of benzene rings is 1. The monoisotopic (exact) mass is 228 g/mol. The van der Waals surface area contributed by atoms with Gasteiger partial charge >= 0.3 is 0 Å². The van der Waals surface area contributed by atoms with Gasteiger partial charge in [0.1, 0.15) is 0 Å². The van der Waals surface area contributed by atoms with Crippen LogP contribution >= 0.6 is 0 Å². The second-order valence-corrected chi connectivity index (χ2v) is 5.74. The maximum atomic E-state index is 12.3. The highest BCUT2D eigenvalue weighted by Gasteiger charge is 2.47. The molecule has 2 saturated carbocycles. The number of hydrogen-bond donors (Lipinski definition) is 0. The fourth-order valence-corrected chi connectivity index (χ4v) is 3.29. The maximum Gasteiger partial charge on any atom is 0.165 e. The predicted molar refractivity (Wildman–Crippen MR) is 69.1 cm³/mol. The summed E-state index contributed by atoms with van der Waals surface area (Å²) in [7, 11) is 0. The second-order valence-electron chi connectivity index (χ2n) is 5.74. The quantitative estimate of drug-likeness (QED) is 0.715. The van der Waals surface area contributed by atoms with Crippen molar-refractivity contribution in [2.24, 2.45) is 17.8 Å². The fraction of sp³-hybridized carbons (Fsp3) is 0.562. The largest absolute Gasteiger partial charge is 0.294 e. The summed E-state index contributed by atoms with van der Waals surface area (Å²) in [5.74, 6) is 2.50. The van der Waals surface area contributed by atoms with Gasteiger partial charge in [0.2, 0.25) is 0 Å². The first-order valence-electron chi connectivity index (χ1n) is 6.91. The predicted octanol–water partition coefficient (Wildman–Crippen LogP) is 3.87. The van der Waals surface area contributed by atoms with Crippen molar-refractivity contribution < 1.29 is 4.79 Å². The molecule has 2 unspecified atom stereocenters. The number of rotatable bonds is 4. The van der Waals surface area contributed by atoms with Gasteiger partial charge in [0.05, 0.1) is 0 Å². The molecule has 0 radical (unpaired) electrons. The van der Waals surface area contributed by atoms with Crippen LogP contribution in [0.2, 0.25) is 0 Å². The first-order chi connectivity index (χ1) is 8.28. The Labute approximate surface area is 103 Å². The van der Waals surface area contributed by atoms with E-state index in [1.54, 1.807) is 0 Å². The third kappa shape index (κ3) is 2.15. The molecule has 0 heterocycles. The van der Waals surface area contributed by atoms with Gasteiger partial charge in [-0.2, -0.15) is 0 Å². The van der Waals surface area contributed by atoms with Gasteiger partial charge in [0.25, 0.3) is 0 Å². The SMILES string of the molecule is CCCc1ccc(C(=O)C2CC3CC3C2)cc1. The first kappa shape index (κ1) is 11.0. The van der Waals surface area contributed by atoms with E-state index in [9.17, 15) is 4.79 Å². The van der Waals surface area contributed by atoms with E-state index in [0.717, 1.165) is 36.7 Å². The number of aryl methyl sites for hydroxylation is 1. The summed E-state index contributed by atoms with van der Waals surface area (Å²) in [5, 5.41) is 0. The van der Waals surface area contributed by atoms with E-state index in [2.05, 4.69) is 19.1 Å². The Morgan fingerprint density at radius 3 is 2.35 bits per heavy atom. The van der Waals surface area contributed by atoms with Crippen LogP contribution < -0.4 is 0 Å². The molecule has 2 atom stereocenters. The van der Waals surface area contributed by atoms with E-state index in [4.69, 9.17) is 0 Å². The van der Waals surface area contributed by atoms with Crippen molar-refractivity contribution in [3.05, 3.63) is 35.4 Å². The lowest BCUT2D eigenvalue weighted by atomic mass is 9.92. The van der Waals surface area contributed by atoms with Crippen molar-refractivity contribution in [1.29, 1.82) is 0 Å². The van der Waals surface area contributed by atoms with Crippen molar-refractivity contribution in [3.63, 3.8) is 0 Å². The van der Waals surface area contributed by atoms with Crippen molar-refractivity contribution >= 4 is 5.78 Å². The summed E-state index contributed by atoms with van der Waals surface area (Å²) in [6, 6.07) is 8.29. The zero-order valence-electron chi connectivity index (χ0n) is 10.5. The summed E-state index contributed by atoms with van der Waals surface area (Å²) < 4.78 is 0. The smallest absolute Gasteiger partial charge is 0.165 e. The number of fused-ring (bicyclic) bond motifs is 1. The molecule has 2 aliphatic carbocycles. The van der Waals surface area contributed by atoms with E-state index in [-0.39, 0.29) is 0 Å². The van der Waals surface area contributed by atoms with E-state index < -0.39 is 0 Å². The Morgan fingerprint density at radius 1 is 1.12 bits per heavy atom. The molecule has 0 bridgehead atoms. The molecular formula is C16H20O. The van der Waals surface area contributed by atoms with Crippen molar-refractivity contribution in [1.82, 2.24) is 0 Å². The summed E-state index contributed by atoms with van der Waals surface area (Å²) in [6.07, 6.45) is 5.97. The molecule has 0 aromatic heterocycles. The normalized spacial score (nSPS) is 30.1. The van der Waals surface area contributed by atoms with Crippen LogP contribution in [0.15, 0.2) is 24.3 Å². The van der Waals surface area contributed by atoms with Crippen LogP contribution in [0.1, 0.15) is 48.5 Å². The summed E-state index contributed by atoms with van der Waals surface area (Å²) in [5.41, 5.74) is 2.27. The van der Waals surface area contributed by atoms with Gasteiger partial charge in [0.15, 0.2) is 5.78 Å². The van der Waals surface area contributed by atoms with Gasteiger partial charge in [-0.25, -0.2) is 0 Å². The lowest BCUT2D eigenvalue weighted by Gasteiger charge is -2.10. The standard InChI is InChI=1S/C16H20O/c1-2-3-11-4-6-12(7-5-11)16(17)15-9-13-8-14(13)10-15/h4-7,13-15H,2-3,8-10H2,1H3. The highest BCUT2D eigenvalue weighted by Crippen LogP contribution is 2.54. The third-order valence-electron chi connectivity index (χ3n) is 4.39. The zero-order chi connectivity index (χ0) is 11.8. The van der Waals surface area contributed by atoms with Gasteiger partial charge in [-0.1, -0.05) is 37.6 Å². The van der Waals surface area contributed by atoms with E-state index in [1.807, 2.05) is 12.1 Å². The van der Waals surface area contributed by atoms with Crippen molar-refractivity contribution in [2.45, 2.75) is 39.0 Å². The average molecular weight is 228 g/mol. The highest BCUT2D eigenvalue weighted by molar-refractivity contribution is 5.98. The number of hydrogen-bond acceptors (Lipinski definition) is 1.